The fourth-order valence-corrected chi connectivity index (χ4v) is 0.412. The first-order valence-corrected chi connectivity index (χ1v) is 3.37. The fourth-order valence-electron chi connectivity index (χ4n) is 0.412. The molecule has 0 rings (SSSR count). The van der Waals surface area contributed by atoms with Crippen LogP contribution in [0.15, 0.2) is 11.6 Å². The molecule has 3 heteroatoms. The fraction of sp³-hybridized carbons (Fsp3) is 0.625. The second-order valence-corrected chi connectivity index (χ2v) is 2.91. The highest BCUT2D eigenvalue weighted by Crippen LogP contribution is 2.13. The highest BCUT2D eigenvalue weighted by molar-refractivity contribution is 5.82. The number of esters is 1. The Hall–Kier alpha value is -0.830. The maximum atomic E-state index is 10.7. The Morgan fingerprint density at radius 3 is 2.27 bits per heavy atom. The Morgan fingerprint density at radius 2 is 2.00 bits per heavy atom. The number of ether oxygens (including phenoxy) is 1. The molecule has 0 amide bonds. The van der Waals surface area contributed by atoms with E-state index in [4.69, 9.17) is 0 Å². The van der Waals surface area contributed by atoms with Gasteiger partial charge in [-0.15, -0.1) is 0 Å². The van der Waals surface area contributed by atoms with Crippen LogP contribution in [-0.4, -0.2) is 23.8 Å². The molecule has 64 valence electrons. The van der Waals surface area contributed by atoms with Gasteiger partial charge in [-0.3, -0.25) is 0 Å². The maximum Gasteiger partial charge on any atom is 0.330 e. The zero-order valence-electron chi connectivity index (χ0n) is 7.34. The van der Waals surface area contributed by atoms with Crippen LogP contribution < -0.4 is 0 Å². The van der Waals surface area contributed by atoms with E-state index in [0.717, 1.165) is 0 Å². The number of rotatable bonds is 2. The minimum absolute atomic E-state index is 0.440. The molecule has 0 atom stereocenters. The zero-order valence-corrected chi connectivity index (χ0v) is 7.34. The Labute approximate surface area is 66.7 Å². The smallest absolute Gasteiger partial charge is 0.330 e. The normalized spacial score (nSPS) is 13.0. The first-order valence-electron chi connectivity index (χ1n) is 3.37. The second-order valence-electron chi connectivity index (χ2n) is 2.91. The minimum atomic E-state index is -0.950. The van der Waals surface area contributed by atoms with Gasteiger partial charge < -0.3 is 9.84 Å². The lowest BCUT2D eigenvalue weighted by molar-refractivity contribution is -0.135. The molecule has 0 unspecified atom stereocenters. The molecule has 0 aromatic carbocycles. The molecule has 0 aromatic rings. The summed E-state index contributed by atoms with van der Waals surface area (Å²) in [5.74, 6) is -0.440. The van der Waals surface area contributed by atoms with Crippen LogP contribution in [0.3, 0.4) is 0 Å². The molecular weight excluding hydrogens is 144 g/mol. The van der Waals surface area contributed by atoms with Crippen LogP contribution in [0.25, 0.3) is 0 Å². The van der Waals surface area contributed by atoms with Gasteiger partial charge in [-0.2, -0.15) is 0 Å². The van der Waals surface area contributed by atoms with Crippen molar-refractivity contribution in [3.05, 3.63) is 11.6 Å². The number of carbonyl (C=O) groups is 1. The average Bonchev–Trinajstić information content (AvgIpc) is 1.85. The minimum Gasteiger partial charge on any atom is -0.466 e. The van der Waals surface area contributed by atoms with Crippen molar-refractivity contribution >= 4 is 5.97 Å². The van der Waals surface area contributed by atoms with Gasteiger partial charge in [0, 0.05) is 6.08 Å². The number of methoxy groups -OCH3 is 1. The highest BCUT2D eigenvalue weighted by atomic mass is 16.5. The lowest BCUT2D eigenvalue weighted by Gasteiger charge is -2.17. The molecule has 0 spiro atoms. The van der Waals surface area contributed by atoms with Crippen molar-refractivity contribution in [2.75, 3.05) is 7.11 Å². The summed E-state index contributed by atoms with van der Waals surface area (Å²) in [6, 6.07) is 0. The number of carbonyl (C=O) groups excluding carboxylic acids is 1. The molecule has 0 saturated carbocycles. The van der Waals surface area contributed by atoms with Gasteiger partial charge in [0.2, 0.25) is 0 Å². The Kier molecular flexibility index (Phi) is 3.26. The van der Waals surface area contributed by atoms with E-state index in [-0.39, 0.29) is 0 Å². The lowest BCUT2D eigenvalue weighted by atomic mass is 10.00. The van der Waals surface area contributed by atoms with Crippen LogP contribution in [0.2, 0.25) is 0 Å². The predicted molar refractivity (Wildman–Crippen MR) is 42.1 cm³/mol. The molecular formula is C8H14O3. The zero-order chi connectivity index (χ0) is 9.07. The molecule has 0 bridgehead atoms. The van der Waals surface area contributed by atoms with E-state index in [0.29, 0.717) is 5.57 Å². The van der Waals surface area contributed by atoms with E-state index in [2.05, 4.69) is 4.74 Å². The summed E-state index contributed by atoms with van der Waals surface area (Å²) < 4.78 is 4.39. The third-order valence-electron chi connectivity index (χ3n) is 1.50. The molecule has 0 aliphatic heterocycles. The Bertz CT molecular complexity index is 174. The summed E-state index contributed by atoms with van der Waals surface area (Å²) in [4.78, 5) is 10.7. The van der Waals surface area contributed by atoms with Gasteiger partial charge in [0.05, 0.1) is 12.7 Å². The summed E-state index contributed by atoms with van der Waals surface area (Å²) in [5.41, 5.74) is -0.363. The van der Waals surface area contributed by atoms with Gasteiger partial charge in [-0.25, -0.2) is 4.79 Å². The van der Waals surface area contributed by atoms with Gasteiger partial charge >= 0.3 is 5.97 Å². The van der Waals surface area contributed by atoms with Crippen molar-refractivity contribution in [3.8, 4) is 0 Å². The van der Waals surface area contributed by atoms with Crippen LogP contribution in [0.5, 0.6) is 0 Å². The largest absolute Gasteiger partial charge is 0.466 e. The lowest BCUT2D eigenvalue weighted by Crippen LogP contribution is -2.21. The van der Waals surface area contributed by atoms with Crippen LogP contribution in [0.4, 0.5) is 0 Å². The monoisotopic (exact) mass is 158 g/mol. The molecule has 0 aliphatic rings. The Morgan fingerprint density at radius 1 is 1.55 bits per heavy atom. The van der Waals surface area contributed by atoms with Crippen molar-refractivity contribution in [2.24, 2.45) is 0 Å². The average molecular weight is 158 g/mol. The highest BCUT2D eigenvalue weighted by Gasteiger charge is 2.15. The molecule has 1 N–H and O–H groups in total. The van der Waals surface area contributed by atoms with Crippen LogP contribution in [0.1, 0.15) is 20.8 Å². The maximum absolute atomic E-state index is 10.7. The first kappa shape index (κ1) is 10.2. The quantitative estimate of drug-likeness (QED) is 0.479. The third-order valence-corrected chi connectivity index (χ3v) is 1.50. The molecule has 0 aliphatic carbocycles. The van der Waals surface area contributed by atoms with Gasteiger partial charge in [0.15, 0.2) is 0 Å². The van der Waals surface area contributed by atoms with E-state index >= 15 is 0 Å². The summed E-state index contributed by atoms with van der Waals surface area (Å²) in [7, 11) is 1.30. The summed E-state index contributed by atoms with van der Waals surface area (Å²) >= 11 is 0. The molecule has 0 heterocycles. The first-order chi connectivity index (χ1) is 4.88. The molecule has 11 heavy (non-hydrogen) atoms. The van der Waals surface area contributed by atoms with Crippen LogP contribution >= 0.6 is 0 Å². The van der Waals surface area contributed by atoms with Crippen molar-refractivity contribution < 1.29 is 14.6 Å². The van der Waals surface area contributed by atoms with Gasteiger partial charge in [-0.05, 0) is 26.3 Å². The SMILES string of the molecule is COC(=O)/C=C(\C)C(C)(C)O. The Balaban J connectivity index is 4.35. The molecule has 0 fully saturated rings. The van der Waals surface area contributed by atoms with Crippen molar-refractivity contribution in [1.29, 1.82) is 0 Å². The van der Waals surface area contributed by atoms with Crippen LogP contribution in [-0.2, 0) is 9.53 Å². The number of hydrogen-bond donors (Lipinski definition) is 1. The van der Waals surface area contributed by atoms with Gasteiger partial charge in [-0.1, -0.05) is 0 Å². The van der Waals surface area contributed by atoms with E-state index in [1.54, 1.807) is 20.8 Å². The van der Waals surface area contributed by atoms with Crippen molar-refractivity contribution in [1.82, 2.24) is 0 Å². The third kappa shape index (κ3) is 3.78. The van der Waals surface area contributed by atoms with Gasteiger partial charge in [0.1, 0.15) is 0 Å². The number of aliphatic hydroxyl groups is 1. The van der Waals surface area contributed by atoms with E-state index in [9.17, 15) is 9.90 Å². The van der Waals surface area contributed by atoms with E-state index < -0.39 is 11.6 Å². The number of hydrogen-bond acceptors (Lipinski definition) is 3. The van der Waals surface area contributed by atoms with Gasteiger partial charge in [0.25, 0.3) is 0 Å². The summed E-state index contributed by atoms with van der Waals surface area (Å²) in [5, 5.41) is 9.35. The standard InChI is InChI=1S/C8H14O3/c1-6(8(2,3)10)5-7(9)11-4/h5,10H,1-4H3/b6-5+. The molecule has 3 nitrogen and oxygen atoms in total. The molecule has 0 aromatic heterocycles. The van der Waals surface area contributed by atoms with E-state index in [1.807, 2.05) is 0 Å². The second kappa shape index (κ2) is 3.53. The summed E-state index contributed by atoms with van der Waals surface area (Å²) in [6.45, 7) is 4.90. The van der Waals surface area contributed by atoms with Crippen molar-refractivity contribution in [2.45, 2.75) is 26.4 Å². The van der Waals surface area contributed by atoms with Crippen LogP contribution in [0, 0.1) is 0 Å². The summed E-state index contributed by atoms with van der Waals surface area (Å²) in [6.07, 6.45) is 1.28. The predicted octanol–water partition coefficient (Wildman–Crippen LogP) is 0.877. The topological polar surface area (TPSA) is 46.5 Å². The van der Waals surface area contributed by atoms with Crippen molar-refractivity contribution in [3.63, 3.8) is 0 Å². The van der Waals surface area contributed by atoms with E-state index in [1.165, 1.54) is 13.2 Å². The molecule has 0 radical (unpaired) electrons. The molecule has 0 saturated heterocycles.